The number of nitrogens with one attached hydrogen (secondary N) is 1. The molecule has 0 radical (unpaired) electrons. The molecule has 0 spiro atoms. The van der Waals surface area contributed by atoms with Crippen LogP contribution in [0.25, 0.3) is 11.1 Å². The molecule has 1 heterocycles. The molecule has 3 nitrogen and oxygen atoms in total. The van der Waals surface area contributed by atoms with E-state index in [-0.39, 0.29) is 11.1 Å². The first-order valence-electron chi connectivity index (χ1n) is 5.02. The van der Waals surface area contributed by atoms with E-state index in [9.17, 15) is 4.79 Å². The van der Waals surface area contributed by atoms with E-state index >= 15 is 0 Å². The maximum Gasteiger partial charge on any atom is 0.266 e. The third-order valence-electron chi connectivity index (χ3n) is 2.43. The number of H-pyrrole nitrogens is 1. The molecular formula is C13H9IN2O. The summed E-state index contributed by atoms with van der Waals surface area (Å²) in [6.07, 6.45) is 0. The van der Waals surface area contributed by atoms with Gasteiger partial charge in [0.15, 0.2) is 0 Å². The van der Waals surface area contributed by atoms with Gasteiger partial charge in [-0.15, -0.1) is 0 Å². The van der Waals surface area contributed by atoms with E-state index in [0.29, 0.717) is 5.56 Å². The van der Waals surface area contributed by atoms with E-state index in [0.717, 1.165) is 14.8 Å². The molecule has 1 N–H and O–H groups in total. The normalized spacial score (nSPS) is 9.94. The smallest absolute Gasteiger partial charge is 0.266 e. The third kappa shape index (κ3) is 2.39. The lowest BCUT2D eigenvalue weighted by Crippen LogP contribution is -2.12. The van der Waals surface area contributed by atoms with Crippen molar-refractivity contribution in [2.75, 3.05) is 0 Å². The zero-order valence-electron chi connectivity index (χ0n) is 9.12. The van der Waals surface area contributed by atoms with Crippen molar-refractivity contribution in [3.05, 3.63) is 55.5 Å². The summed E-state index contributed by atoms with van der Waals surface area (Å²) in [6.45, 7) is 1.80. The van der Waals surface area contributed by atoms with E-state index in [1.165, 1.54) is 0 Å². The van der Waals surface area contributed by atoms with Crippen LogP contribution in [0.4, 0.5) is 0 Å². The van der Waals surface area contributed by atoms with Gasteiger partial charge in [0.25, 0.3) is 5.56 Å². The SMILES string of the molecule is Cc1cc(-c2ccc(I)cc2)c(C#N)c(=O)[nH]1. The Bertz CT molecular complexity index is 651. The molecule has 0 amide bonds. The molecule has 2 rings (SSSR count). The molecule has 84 valence electrons. The number of rotatable bonds is 1. The van der Waals surface area contributed by atoms with Crippen LogP contribution in [0.5, 0.6) is 0 Å². The summed E-state index contributed by atoms with van der Waals surface area (Å²) in [4.78, 5) is 14.3. The minimum atomic E-state index is -0.332. The van der Waals surface area contributed by atoms with E-state index in [1.807, 2.05) is 36.4 Å². The average Bonchev–Trinajstić information content (AvgIpc) is 2.29. The Kier molecular flexibility index (Phi) is 3.29. The molecule has 0 atom stereocenters. The maximum absolute atomic E-state index is 11.7. The number of halogens is 1. The number of aryl methyl sites for hydroxylation is 1. The van der Waals surface area contributed by atoms with Crippen molar-refractivity contribution >= 4 is 22.6 Å². The Labute approximate surface area is 112 Å². The first-order valence-corrected chi connectivity index (χ1v) is 6.09. The first kappa shape index (κ1) is 11.9. The highest BCUT2D eigenvalue weighted by Crippen LogP contribution is 2.22. The maximum atomic E-state index is 11.7. The molecule has 0 unspecified atom stereocenters. The van der Waals surface area contributed by atoms with E-state index < -0.39 is 0 Å². The lowest BCUT2D eigenvalue weighted by Gasteiger charge is -2.05. The fourth-order valence-electron chi connectivity index (χ4n) is 1.66. The van der Waals surface area contributed by atoms with Crippen molar-refractivity contribution < 1.29 is 0 Å². The van der Waals surface area contributed by atoms with E-state index in [1.54, 1.807) is 6.92 Å². The van der Waals surface area contributed by atoms with Crippen molar-refractivity contribution in [2.45, 2.75) is 6.92 Å². The van der Waals surface area contributed by atoms with Gasteiger partial charge in [0.1, 0.15) is 11.6 Å². The zero-order valence-corrected chi connectivity index (χ0v) is 11.3. The Hall–Kier alpha value is -1.61. The molecule has 0 bridgehead atoms. The lowest BCUT2D eigenvalue weighted by molar-refractivity contribution is 1.13. The Morgan fingerprint density at radius 3 is 2.53 bits per heavy atom. The van der Waals surface area contributed by atoms with Gasteiger partial charge in [-0.3, -0.25) is 4.79 Å². The summed E-state index contributed by atoms with van der Waals surface area (Å²) in [5.41, 5.74) is 2.15. The van der Waals surface area contributed by atoms with Crippen LogP contribution in [0, 0.1) is 21.8 Å². The number of nitriles is 1. The fourth-order valence-corrected chi connectivity index (χ4v) is 2.02. The van der Waals surface area contributed by atoms with Crippen LogP contribution in [0.3, 0.4) is 0 Å². The van der Waals surface area contributed by atoms with Crippen LogP contribution in [-0.2, 0) is 0 Å². The molecule has 1 aromatic heterocycles. The quantitative estimate of drug-likeness (QED) is 0.814. The minimum absolute atomic E-state index is 0.164. The van der Waals surface area contributed by atoms with Gasteiger partial charge < -0.3 is 4.98 Å². The third-order valence-corrected chi connectivity index (χ3v) is 3.15. The monoisotopic (exact) mass is 336 g/mol. The number of pyridine rings is 1. The second kappa shape index (κ2) is 4.72. The number of hydrogen-bond donors (Lipinski definition) is 1. The summed E-state index contributed by atoms with van der Waals surface area (Å²) < 4.78 is 1.12. The van der Waals surface area contributed by atoms with E-state index in [4.69, 9.17) is 5.26 Å². The second-order valence-corrected chi connectivity index (χ2v) is 4.93. The number of hydrogen-bond acceptors (Lipinski definition) is 2. The van der Waals surface area contributed by atoms with Crippen LogP contribution < -0.4 is 5.56 Å². The fraction of sp³-hybridized carbons (Fsp3) is 0.0769. The largest absolute Gasteiger partial charge is 0.325 e. The Morgan fingerprint density at radius 1 is 1.29 bits per heavy atom. The predicted octanol–water partition coefficient (Wildman–Crippen LogP) is 2.83. The van der Waals surface area contributed by atoms with Gasteiger partial charge in [-0.1, -0.05) is 12.1 Å². The first-order chi connectivity index (χ1) is 8.11. The van der Waals surface area contributed by atoms with Gasteiger partial charge in [-0.05, 0) is 53.3 Å². The van der Waals surface area contributed by atoms with Gasteiger partial charge in [-0.2, -0.15) is 5.26 Å². The van der Waals surface area contributed by atoms with Crippen LogP contribution in [-0.4, -0.2) is 4.98 Å². The second-order valence-electron chi connectivity index (χ2n) is 3.69. The predicted molar refractivity (Wildman–Crippen MR) is 74.7 cm³/mol. The highest BCUT2D eigenvalue weighted by Gasteiger charge is 2.09. The average molecular weight is 336 g/mol. The van der Waals surface area contributed by atoms with Crippen molar-refractivity contribution in [3.63, 3.8) is 0 Å². The molecule has 0 aliphatic carbocycles. The van der Waals surface area contributed by atoms with Gasteiger partial charge in [-0.25, -0.2) is 0 Å². The molecule has 1 aromatic carbocycles. The number of aromatic nitrogens is 1. The van der Waals surface area contributed by atoms with E-state index in [2.05, 4.69) is 27.6 Å². The van der Waals surface area contributed by atoms with Gasteiger partial charge in [0, 0.05) is 14.8 Å². The highest BCUT2D eigenvalue weighted by molar-refractivity contribution is 14.1. The van der Waals surface area contributed by atoms with Crippen molar-refractivity contribution in [3.8, 4) is 17.2 Å². The van der Waals surface area contributed by atoms with Crippen LogP contribution in [0.1, 0.15) is 11.3 Å². The molecular weight excluding hydrogens is 327 g/mol. The van der Waals surface area contributed by atoms with Crippen LogP contribution in [0.2, 0.25) is 0 Å². The molecule has 0 fully saturated rings. The standard InChI is InChI=1S/C13H9IN2O/c1-8-6-11(12(7-15)13(17)16-8)9-2-4-10(14)5-3-9/h2-6H,1H3,(H,16,17). The molecule has 17 heavy (non-hydrogen) atoms. The summed E-state index contributed by atoms with van der Waals surface area (Å²) in [5, 5.41) is 9.03. The summed E-state index contributed by atoms with van der Waals surface area (Å²) >= 11 is 2.21. The van der Waals surface area contributed by atoms with Crippen molar-refractivity contribution in [1.29, 1.82) is 5.26 Å². The topological polar surface area (TPSA) is 56.6 Å². The number of nitrogens with zero attached hydrogens (tertiary/aromatic N) is 1. The Balaban J connectivity index is 2.71. The van der Waals surface area contributed by atoms with Gasteiger partial charge in [0.05, 0.1) is 0 Å². The van der Waals surface area contributed by atoms with Crippen molar-refractivity contribution in [2.24, 2.45) is 0 Å². The molecule has 0 aliphatic heterocycles. The van der Waals surface area contributed by atoms with Crippen LogP contribution in [0.15, 0.2) is 35.1 Å². The molecule has 4 heteroatoms. The number of benzene rings is 1. The minimum Gasteiger partial charge on any atom is -0.325 e. The lowest BCUT2D eigenvalue weighted by atomic mass is 10.0. The van der Waals surface area contributed by atoms with Gasteiger partial charge >= 0.3 is 0 Å². The number of aromatic amines is 1. The molecule has 0 saturated carbocycles. The summed E-state index contributed by atoms with van der Waals surface area (Å²) in [5.74, 6) is 0. The molecule has 0 saturated heterocycles. The van der Waals surface area contributed by atoms with Gasteiger partial charge in [0.2, 0.25) is 0 Å². The Morgan fingerprint density at radius 2 is 1.94 bits per heavy atom. The van der Waals surface area contributed by atoms with Crippen molar-refractivity contribution in [1.82, 2.24) is 4.98 Å². The molecule has 2 aromatic rings. The zero-order chi connectivity index (χ0) is 12.4. The molecule has 0 aliphatic rings. The highest BCUT2D eigenvalue weighted by atomic mass is 127. The summed E-state index contributed by atoms with van der Waals surface area (Å²) in [6, 6.07) is 11.5. The van der Waals surface area contributed by atoms with Crippen LogP contribution >= 0.6 is 22.6 Å². The summed E-state index contributed by atoms with van der Waals surface area (Å²) in [7, 11) is 0.